The molecule has 2 unspecified atom stereocenters. The number of morpholine rings is 1. The summed E-state index contributed by atoms with van der Waals surface area (Å²) >= 11 is 0. The Kier molecular flexibility index (Phi) is 3.46. The van der Waals surface area contributed by atoms with Crippen LogP contribution in [0.1, 0.15) is 24.5 Å². The number of rotatable bonds is 3. The maximum absolute atomic E-state index is 14.9. The molecule has 1 aromatic rings. The summed E-state index contributed by atoms with van der Waals surface area (Å²) in [6, 6.07) is 5.77. The minimum atomic E-state index is -1.34. The molecule has 1 saturated heterocycles. The summed E-state index contributed by atoms with van der Waals surface area (Å²) in [6.45, 7) is 4.47. The van der Waals surface area contributed by atoms with Crippen LogP contribution in [0.15, 0.2) is 18.2 Å². The van der Waals surface area contributed by atoms with E-state index in [0.717, 1.165) is 36.4 Å². The van der Waals surface area contributed by atoms with E-state index in [1.54, 1.807) is 6.92 Å². The summed E-state index contributed by atoms with van der Waals surface area (Å²) in [7, 11) is 0. The molecule has 0 radical (unpaired) electrons. The third-order valence-corrected chi connectivity index (χ3v) is 3.92. The van der Waals surface area contributed by atoms with Crippen molar-refractivity contribution in [2.24, 2.45) is 0 Å². The van der Waals surface area contributed by atoms with E-state index in [-0.39, 0.29) is 6.04 Å². The van der Waals surface area contributed by atoms with Gasteiger partial charge >= 0.3 is 0 Å². The highest BCUT2D eigenvalue weighted by atomic mass is 19.1. The van der Waals surface area contributed by atoms with E-state index in [9.17, 15) is 4.39 Å². The van der Waals surface area contributed by atoms with Crippen LogP contribution in [0.25, 0.3) is 0 Å². The summed E-state index contributed by atoms with van der Waals surface area (Å²) in [6.07, 6.45) is 1.32. The fourth-order valence-corrected chi connectivity index (χ4v) is 2.84. The first-order valence-electron chi connectivity index (χ1n) is 6.91. The van der Waals surface area contributed by atoms with Gasteiger partial charge in [0.15, 0.2) is 0 Å². The predicted molar refractivity (Wildman–Crippen MR) is 71.3 cm³/mol. The molecule has 4 heteroatoms. The maximum Gasteiger partial charge on any atom is 0.134 e. The molecule has 1 fully saturated rings. The van der Waals surface area contributed by atoms with Crippen LogP contribution in [0.2, 0.25) is 0 Å². The summed E-state index contributed by atoms with van der Waals surface area (Å²) in [5.74, 6) is 0.902. The molecule has 2 atom stereocenters. The second-order valence-electron chi connectivity index (χ2n) is 5.55. The lowest BCUT2D eigenvalue weighted by Crippen LogP contribution is -2.44. The summed E-state index contributed by atoms with van der Waals surface area (Å²) in [5.41, 5.74) is 0.522. The van der Waals surface area contributed by atoms with Crippen molar-refractivity contribution in [1.29, 1.82) is 0 Å². The SMILES string of the molecule is CC(F)(CC1COCCN1)c1ccc2c(c1)CCO2. The molecular formula is C15H20FNO2. The zero-order valence-electron chi connectivity index (χ0n) is 11.2. The van der Waals surface area contributed by atoms with Crippen LogP contribution >= 0.6 is 0 Å². The number of fused-ring (bicyclic) bond motifs is 1. The number of hydrogen-bond donors (Lipinski definition) is 1. The standard InChI is InChI=1S/C15H20FNO2/c1-15(16,9-13-10-18-7-5-17-13)12-2-3-14-11(8-12)4-6-19-14/h2-3,8,13,17H,4-7,9-10H2,1H3. The molecule has 3 rings (SSSR count). The van der Waals surface area contributed by atoms with E-state index in [0.29, 0.717) is 19.6 Å². The number of halogens is 1. The average Bonchev–Trinajstić information content (AvgIpc) is 2.86. The van der Waals surface area contributed by atoms with E-state index in [4.69, 9.17) is 9.47 Å². The fourth-order valence-electron chi connectivity index (χ4n) is 2.84. The van der Waals surface area contributed by atoms with Crippen molar-refractivity contribution >= 4 is 0 Å². The van der Waals surface area contributed by atoms with Gasteiger partial charge in [-0.1, -0.05) is 6.07 Å². The Labute approximate surface area is 113 Å². The fraction of sp³-hybridized carbons (Fsp3) is 0.600. The number of alkyl halides is 1. The molecule has 1 aromatic carbocycles. The van der Waals surface area contributed by atoms with Crippen molar-refractivity contribution in [3.05, 3.63) is 29.3 Å². The lowest BCUT2D eigenvalue weighted by molar-refractivity contribution is 0.0474. The van der Waals surface area contributed by atoms with Gasteiger partial charge < -0.3 is 14.8 Å². The highest BCUT2D eigenvalue weighted by Crippen LogP contribution is 2.35. The lowest BCUT2D eigenvalue weighted by Gasteiger charge is -2.30. The number of hydrogen-bond acceptors (Lipinski definition) is 3. The lowest BCUT2D eigenvalue weighted by atomic mass is 9.89. The summed E-state index contributed by atoms with van der Waals surface area (Å²) in [4.78, 5) is 0. The van der Waals surface area contributed by atoms with E-state index in [2.05, 4.69) is 5.32 Å². The third kappa shape index (κ3) is 2.74. The summed E-state index contributed by atoms with van der Waals surface area (Å²) < 4.78 is 25.8. The zero-order valence-corrected chi connectivity index (χ0v) is 11.2. The highest BCUT2D eigenvalue weighted by Gasteiger charge is 2.31. The van der Waals surface area contributed by atoms with E-state index in [1.807, 2.05) is 18.2 Å². The van der Waals surface area contributed by atoms with Crippen molar-refractivity contribution in [1.82, 2.24) is 5.32 Å². The van der Waals surface area contributed by atoms with Crippen LogP contribution in [-0.2, 0) is 16.8 Å². The molecule has 0 aromatic heterocycles. The predicted octanol–water partition coefficient (Wildman–Crippen LogP) is 2.18. The first kappa shape index (κ1) is 12.9. The van der Waals surface area contributed by atoms with Crippen molar-refractivity contribution < 1.29 is 13.9 Å². The smallest absolute Gasteiger partial charge is 0.134 e. The Morgan fingerprint density at radius 2 is 2.32 bits per heavy atom. The second-order valence-corrected chi connectivity index (χ2v) is 5.55. The largest absolute Gasteiger partial charge is 0.493 e. The molecule has 104 valence electrons. The van der Waals surface area contributed by atoms with Crippen molar-refractivity contribution in [2.75, 3.05) is 26.4 Å². The van der Waals surface area contributed by atoms with Gasteiger partial charge in [0, 0.05) is 25.4 Å². The molecule has 2 aliphatic rings. The van der Waals surface area contributed by atoms with Gasteiger partial charge in [0.2, 0.25) is 0 Å². The topological polar surface area (TPSA) is 30.5 Å². The van der Waals surface area contributed by atoms with Gasteiger partial charge in [-0.3, -0.25) is 0 Å². The monoisotopic (exact) mass is 265 g/mol. The van der Waals surface area contributed by atoms with Crippen LogP contribution in [0.5, 0.6) is 5.75 Å². The van der Waals surface area contributed by atoms with Crippen LogP contribution in [0.4, 0.5) is 4.39 Å². The molecule has 3 nitrogen and oxygen atoms in total. The highest BCUT2D eigenvalue weighted by molar-refractivity contribution is 5.41. The van der Waals surface area contributed by atoms with Gasteiger partial charge in [-0.15, -0.1) is 0 Å². The Balaban J connectivity index is 1.75. The van der Waals surface area contributed by atoms with Gasteiger partial charge in [0.25, 0.3) is 0 Å². The molecule has 2 heterocycles. The molecule has 19 heavy (non-hydrogen) atoms. The van der Waals surface area contributed by atoms with Gasteiger partial charge in [-0.2, -0.15) is 0 Å². The van der Waals surface area contributed by atoms with Crippen molar-refractivity contribution in [3.8, 4) is 5.75 Å². The Hall–Kier alpha value is -1.13. The Morgan fingerprint density at radius 1 is 1.42 bits per heavy atom. The van der Waals surface area contributed by atoms with Crippen LogP contribution in [0.3, 0.4) is 0 Å². The molecular weight excluding hydrogens is 245 g/mol. The zero-order chi connectivity index (χ0) is 13.3. The van der Waals surface area contributed by atoms with E-state index < -0.39 is 5.67 Å². The molecule has 0 saturated carbocycles. The molecule has 0 amide bonds. The minimum Gasteiger partial charge on any atom is -0.493 e. The summed E-state index contributed by atoms with van der Waals surface area (Å²) in [5, 5.41) is 3.31. The maximum atomic E-state index is 14.9. The van der Waals surface area contributed by atoms with E-state index >= 15 is 0 Å². The van der Waals surface area contributed by atoms with Crippen LogP contribution in [0, 0.1) is 0 Å². The van der Waals surface area contributed by atoms with Gasteiger partial charge in [-0.05, 0) is 30.2 Å². The average molecular weight is 265 g/mol. The quantitative estimate of drug-likeness (QED) is 0.908. The van der Waals surface area contributed by atoms with Crippen molar-refractivity contribution in [2.45, 2.75) is 31.5 Å². The normalized spacial score (nSPS) is 25.5. The minimum absolute atomic E-state index is 0.0910. The molecule has 0 aliphatic carbocycles. The number of ether oxygens (including phenoxy) is 2. The molecule has 1 N–H and O–H groups in total. The number of benzene rings is 1. The van der Waals surface area contributed by atoms with E-state index in [1.165, 1.54) is 0 Å². The first-order chi connectivity index (χ1) is 9.15. The molecule has 0 bridgehead atoms. The number of nitrogens with one attached hydrogen (secondary N) is 1. The van der Waals surface area contributed by atoms with Gasteiger partial charge in [0.1, 0.15) is 11.4 Å². The van der Waals surface area contributed by atoms with Gasteiger partial charge in [-0.25, -0.2) is 4.39 Å². The first-order valence-corrected chi connectivity index (χ1v) is 6.91. The van der Waals surface area contributed by atoms with Gasteiger partial charge in [0.05, 0.1) is 19.8 Å². The molecule has 0 spiro atoms. The molecule has 2 aliphatic heterocycles. The Morgan fingerprint density at radius 3 is 3.11 bits per heavy atom. The second kappa shape index (κ2) is 5.10. The third-order valence-electron chi connectivity index (χ3n) is 3.92. The Bertz CT molecular complexity index is 455. The van der Waals surface area contributed by atoms with Crippen LogP contribution in [-0.4, -0.2) is 32.4 Å². The van der Waals surface area contributed by atoms with Crippen molar-refractivity contribution in [3.63, 3.8) is 0 Å². The van der Waals surface area contributed by atoms with Crippen LogP contribution < -0.4 is 10.1 Å².